The molecule has 1 aliphatic heterocycles. The van der Waals surface area contributed by atoms with Gasteiger partial charge in [0.05, 0.1) is 10.8 Å². The molecule has 3 rings (SSSR count). The van der Waals surface area contributed by atoms with Crippen LogP contribution in [0.25, 0.3) is 0 Å². The first-order valence-electron chi connectivity index (χ1n) is 11.1. The van der Waals surface area contributed by atoms with Gasteiger partial charge in [0.15, 0.2) is 6.61 Å². The molecule has 7 nitrogen and oxygen atoms in total. The second-order valence-electron chi connectivity index (χ2n) is 9.42. The van der Waals surface area contributed by atoms with Crippen LogP contribution in [0.4, 0.5) is 5.69 Å². The van der Waals surface area contributed by atoms with Crippen molar-refractivity contribution in [3.8, 4) is 0 Å². The molecule has 0 bridgehead atoms. The number of benzene rings is 2. The number of carbonyl (C=O) groups excluding carboxylic acids is 2. The minimum Gasteiger partial charge on any atom is -0.455 e. The molecule has 0 aromatic heterocycles. The van der Waals surface area contributed by atoms with Crippen molar-refractivity contribution in [3.63, 3.8) is 0 Å². The van der Waals surface area contributed by atoms with Gasteiger partial charge < -0.3 is 10.1 Å². The van der Waals surface area contributed by atoms with E-state index in [-0.39, 0.29) is 30.0 Å². The van der Waals surface area contributed by atoms with Crippen molar-refractivity contribution in [2.24, 2.45) is 5.92 Å². The predicted molar refractivity (Wildman–Crippen MR) is 127 cm³/mol. The highest BCUT2D eigenvalue weighted by Crippen LogP contribution is 2.27. The molecule has 1 aliphatic rings. The van der Waals surface area contributed by atoms with Crippen LogP contribution in [0.15, 0.2) is 53.4 Å². The van der Waals surface area contributed by atoms with Crippen molar-refractivity contribution in [2.75, 3.05) is 25.0 Å². The summed E-state index contributed by atoms with van der Waals surface area (Å²) in [6.45, 7) is 8.21. The maximum atomic E-state index is 13.0. The number of piperidine rings is 1. The van der Waals surface area contributed by atoms with Crippen LogP contribution in [0.2, 0.25) is 0 Å². The lowest BCUT2D eigenvalue weighted by atomic mass is 9.87. The van der Waals surface area contributed by atoms with Gasteiger partial charge in [-0.1, -0.05) is 51.1 Å². The van der Waals surface area contributed by atoms with Crippen molar-refractivity contribution in [2.45, 2.75) is 50.8 Å². The molecule has 0 radical (unpaired) electrons. The van der Waals surface area contributed by atoms with Crippen LogP contribution in [0.1, 0.15) is 44.7 Å². The third-order valence-corrected chi connectivity index (χ3v) is 7.82. The van der Waals surface area contributed by atoms with E-state index >= 15 is 0 Å². The zero-order chi connectivity index (χ0) is 24.2. The summed E-state index contributed by atoms with van der Waals surface area (Å²) in [5.74, 6) is -1.30. The van der Waals surface area contributed by atoms with Gasteiger partial charge in [0.1, 0.15) is 0 Å². The van der Waals surface area contributed by atoms with Crippen LogP contribution in [0, 0.1) is 12.8 Å². The molecule has 1 heterocycles. The number of esters is 1. The van der Waals surface area contributed by atoms with E-state index in [1.165, 1.54) is 4.31 Å². The Bertz CT molecular complexity index is 1100. The molecule has 0 unspecified atom stereocenters. The molecule has 8 heteroatoms. The predicted octanol–water partition coefficient (Wildman–Crippen LogP) is 3.88. The largest absolute Gasteiger partial charge is 0.455 e. The summed E-state index contributed by atoms with van der Waals surface area (Å²) in [6, 6.07) is 14.3. The summed E-state index contributed by atoms with van der Waals surface area (Å²) in [7, 11) is -3.62. The fourth-order valence-electron chi connectivity index (χ4n) is 3.76. The molecule has 2 aromatic rings. The molecule has 178 valence electrons. The first-order chi connectivity index (χ1) is 15.5. The van der Waals surface area contributed by atoms with E-state index in [0.717, 1.165) is 11.1 Å². The Morgan fingerprint density at radius 2 is 1.64 bits per heavy atom. The van der Waals surface area contributed by atoms with Gasteiger partial charge in [-0.15, -0.1) is 0 Å². The van der Waals surface area contributed by atoms with Gasteiger partial charge in [0.25, 0.3) is 5.91 Å². The summed E-state index contributed by atoms with van der Waals surface area (Å²) in [4.78, 5) is 24.8. The van der Waals surface area contributed by atoms with Crippen molar-refractivity contribution in [1.29, 1.82) is 0 Å². The summed E-state index contributed by atoms with van der Waals surface area (Å²) in [5.41, 5.74) is 2.60. The number of hydrogen-bond donors (Lipinski definition) is 1. The second kappa shape index (κ2) is 10.1. The standard InChI is InChI=1S/C25H32N2O5S/c1-18-7-5-6-8-22(18)26-23(28)17-32-24(29)19-13-15-27(16-14-19)33(30,31)21-11-9-20(10-12-21)25(2,3)4/h5-12,19H,13-17H2,1-4H3,(H,26,28). The van der Waals surface area contributed by atoms with Gasteiger partial charge in [-0.05, 0) is 54.5 Å². The van der Waals surface area contributed by atoms with E-state index in [0.29, 0.717) is 18.5 Å². The minimum absolute atomic E-state index is 0.0577. The Morgan fingerprint density at radius 3 is 2.21 bits per heavy atom. The molecule has 33 heavy (non-hydrogen) atoms. The maximum Gasteiger partial charge on any atom is 0.309 e. The number of ether oxygens (including phenoxy) is 1. The van der Waals surface area contributed by atoms with Crippen LogP contribution in [-0.2, 0) is 29.8 Å². The number of amides is 1. The Morgan fingerprint density at radius 1 is 1.03 bits per heavy atom. The quantitative estimate of drug-likeness (QED) is 0.644. The number of aryl methyl sites for hydroxylation is 1. The van der Waals surface area contributed by atoms with E-state index in [2.05, 4.69) is 26.1 Å². The monoisotopic (exact) mass is 472 g/mol. The number of nitrogens with zero attached hydrogens (tertiary/aromatic N) is 1. The Kier molecular flexibility index (Phi) is 7.59. The minimum atomic E-state index is -3.62. The molecule has 1 saturated heterocycles. The molecule has 1 amide bonds. The Balaban J connectivity index is 1.51. The number of hydrogen-bond acceptors (Lipinski definition) is 5. The Labute approximate surface area is 196 Å². The highest BCUT2D eigenvalue weighted by Gasteiger charge is 2.33. The van der Waals surface area contributed by atoms with Crippen molar-refractivity contribution >= 4 is 27.6 Å². The first-order valence-corrected chi connectivity index (χ1v) is 12.6. The number of sulfonamides is 1. The zero-order valence-corrected chi connectivity index (χ0v) is 20.4. The maximum absolute atomic E-state index is 13.0. The lowest BCUT2D eigenvalue weighted by Crippen LogP contribution is -2.41. The van der Waals surface area contributed by atoms with Crippen molar-refractivity contribution in [1.82, 2.24) is 4.31 Å². The smallest absolute Gasteiger partial charge is 0.309 e. The third-order valence-electron chi connectivity index (χ3n) is 5.91. The number of anilines is 1. The summed E-state index contributed by atoms with van der Waals surface area (Å²) < 4.78 is 32.6. The van der Waals surface area contributed by atoms with E-state index in [1.807, 2.05) is 37.3 Å². The van der Waals surface area contributed by atoms with E-state index in [4.69, 9.17) is 4.74 Å². The summed E-state index contributed by atoms with van der Waals surface area (Å²) in [5, 5.41) is 2.72. The molecule has 2 aromatic carbocycles. The highest BCUT2D eigenvalue weighted by atomic mass is 32.2. The Hall–Kier alpha value is -2.71. The van der Waals surface area contributed by atoms with Gasteiger partial charge in [-0.3, -0.25) is 9.59 Å². The summed E-state index contributed by atoms with van der Waals surface area (Å²) >= 11 is 0. The number of rotatable bonds is 6. The van der Waals surface area contributed by atoms with E-state index in [9.17, 15) is 18.0 Å². The molecule has 1 N–H and O–H groups in total. The fourth-order valence-corrected chi connectivity index (χ4v) is 5.23. The molecule has 1 fully saturated rings. The van der Waals surface area contributed by atoms with E-state index < -0.39 is 27.8 Å². The topological polar surface area (TPSA) is 92.8 Å². The van der Waals surface area contributed by atoms with Gasteiger partial charge in [-0.25, -0.2) is 8.42 Å². The average Bonchev–Trinajstić information content (AvgIpc) is 2.78. The number of carbonyl (C=O) groups is 2. The summed E-state index contributed by atoms with van der Waals surface area (Å²) in [6.07, 6.45) is 0.717. The lowest BCUT2D eigenvalue weighted by molar-refractivity contribution is -0.152. The van der Waals surface area contributed by atoms with Gasteiger partial charge in [-0.2, -0.15) is 4.31 Å². The van der Waals surface area contributed by atoms with Crippen molar-refractivity contribution in [3.05, 3.63) is 59.7 Å². The normalized spacial score (nSPS) is 15.8. The molecule has 0 aliphatic carbocycles. The zero-order valence-electron chi connectivity index (χ0n) is 19.6. The fraction of sp³-hybridized carbons (Fsp3) is 0.440. The SMILES string of the molecule is Cc1ccccc1NC(=O)COC(=O)C1CCN(S(=O)(=O)c2ccc(C(C)(C)C)cc2)CC1. The van der Waals surface area contributed by atoms with Crippen LogP contribution in [0.5, 0.6) is 0 Å². The van der Waals surface area contributed by atoms with Gasteiger partial charge in [0.2, 0.25) is 10.0 Å². The number of nitrogens with one attached hydrogen (secondary N) is 1. The average molecular weight is 473 g/mol. The molecule has 0 atom stereocenters. The van der Waals surface area contributed by atoms with Crippen molar-refractivity contribution < 1.29 is 22.7 Å². The molecular formula is C25H32N2O5S. The molecule has 0 saturated carbocycles. The lowest BCUT2D eigenvalue weighted by Gasteiger charge is -2.30. The van der Waals surface area contributed by atoms with Crippen LogP contribution in [-0.4, -0.2) is 44.3 Å². The number of para-hydroxylation sites is 1. The van der Waals surface area contributed by atoms with Gasteiger partial charge >= 0.3 is 5.97 Å². The second-order valence-corrected chi connectivity index (χ2v) is 11.4. The molecule has 0 spiro atoms. The van der Waals surface area contributed by atoms with Crippen LogP contribution in [0.3, 0.4) is 0 Å². The van der Waals surface area contributed by atoms with E-state index in [1.54, 1.807) is 18.2 Å². The first kappa shape index (κ1) is 24.9. The molecular weight excluding hydrogens is 440 g/mol. The van der Waals surface area contributed by atoms with Gasteiger partial charge in [0, 0.05) is 18.8 Å². The van der Waals surface area contributed by atoms with Crippen LogP contribution >= 0.6 is 0 Å². The van der Waals surface area contributed by atoms with Crippen LogP contribution < -0.4 is 5.32 Å². The highest BCUT2D eigenvalue weighted by molar-refractivity contribution is 7.89. The third kappa shape index (κ3) is 6.21.